The summed E-state index contributed by atoms with van der Waals surface area (Å²) in [4.78, 5) is 23.7. The predicted molar refractivity (Wildman–Crippen MR) is 75.9 cm³/mol. The van der Waals surface area contributed by atoms with Gasteiger partial charge in [-0.25, -0.2) is 4.79 Å². The first-order valence-electron chi connectivity index (χ1n) is 6.04. The van der Waals surface area contributed by atoms with Crippen molar-refractivity contribution in [2.75, 3.05) is 0 Å². The number of carboxylic acid groups (broad SMARTS) is 1. The van der Waals surface area contributed by atoms with Crippen LogP contribution in [-0.2, 0) is 10.3 Å². The van der Waals surface area contributed by atoms with Gasteiger partial charge in [0.05, 0.1) is 0 Å². The van der Waals surface area contributed by atoms with Crippen LogP contribution in [0.15, 0.2) is 42.5 Å². The van der Waals surface area contributed by atoms with Crippen LogP contribution in [0.3, 0.4) is 0 Å². The Labute approximate surface area is 125 Å². The molecule has 108 valence electrons. The van der Waals surface area contributed by atoms with Gasteiger partial charge in [0.25, 0.3) is 5.91 Å². The van der Waals surface area contributed by atoms with E-state index in [0.29, 0.717) is 5.56 Å². The van der Waals surface area contributed by atoms with Crippen LogP contribution in [0.1, 0.15) is 23.0 Å². The average molecular weight is 306 g/mol. The van der Waals surface area contributed by atoms with E-state index in [9.17, 15) is 14.7 Å². The third kappa shape index (κ3) is 3.17. The third-order valence-corrected chi connectivity index (χ3v) is 3.21. The Morgan fingerprint density at radius 3 is 2.33 bits per heavy atom. The standard InChI is InChI=1S/C14H12ClN3O3/c1-14(13(20)21,9-5-3-2-4-6-9)16-12(19)10-7-8-11(15)18-17-10/h2-8H,1H3,(H,16,19)(H,20,21). The number of carboxylic acids is 1. The van der Waals surface area contributed by atoms with Crippen molar-refractivity contribution in [3.05, 3.63) is 58.9 Å². The lowest BCUT2D eigenvalue weighted by Gasteiger charge is -2.26. The Balaban J connectivity index is 2.31. The number of rotatable bonds is 4. The molecule has 2 aromatic rings. The zero-order valence-electron chi connectivity index (χ0n) is 11.1. The molecule has 6 nitrogen and oxygen atoms in total. The van der Waals surface area contributed by atoms with Crippen molar-refractivity contribution in [1.29, 1.82) is 0 Å². The number of halogens is 1. The summed E-state index contributed by atoms with van der Waals surface area (Å²) in [6, 6.07) is 11.2. The maximum Gasteiger partial charge on any atom is 0.333 e. The molecule has 0 bridgehead atoms. The maximum atomic E-state index is 12.1. The number of aliphatic carboxylic acids is 1. The van der Waals surface area contributed by atoms with Gasteiger partial charge < -0.3 is 10.4 Å². The van der Waals surface area contributed by atoms with Crippen LogP contribution >= 0.6 is 11.6 Å². The zero-order chi connectivity index (χ0) is 15.5. The Morgan fingerprint density at radius 1 is 1.14 bits per heavy atom. The summed E-state index contributed by atoms with van der Waals surface area (Å²) >= 11 is 5.60. The molecule has 0 aliphatic heterocycles. The molecule has 0 aliphatic carbocycles. The van der Waals surface area contributed by atoms with Gasteiger partial charge in [-0.3, -0.25) is 4.79 Å². The van der Waals surface area contributed by atoms with E-state index in [-0.39, 0.29) is 10.8 Å². The second kappa shape index (κ2) is 5.88. The van der Waals surface area contributed by atoms with Crippen LogP contribution in [0.25, 0.3) is 0 Å². The number of nitrogens with zero attached hydrogens (tertiary/aromatic N) is 2. The lowest BCUT2D eigenvalue weighted by atomic mass is 9.92. The predicted octanol–water partition coefficient (Wildman–Crippen LogP) is 1.86. The topological polar surface area (TPSA) is 92.2 Å². The van der Waals surface area contributed by atoms with Crippen LogP contribution < -0.4 is 5.32 Å². The molecular formula is C14H12ClN3O3. The molecule has 1 atom stereocenters. The first-order chi connectivity index (χ1) is 9.93. The number of nitrogens with one attached hydrogen (secondary N) is 1. The van der Waals surface area contributed by atoms with E-state index < -0.39 is 17.4 Å². The second-order valence-corrected chi connectivity index (χ2v) is 4.88. The number of amides is 1. The van der Waals surface area contributed by atoms with Gasteiger partial charge in [-0.05, 0) is 24.6 Å². The van der Waals surface area contributed by atoms with E-state index in [1.54, 1.807) is 30.3 Å². The minimum absolute atomic E-state index is 0.0113. The average Bonchev–Trinajstić information content (AvgIpc) is 2.48. The molecule has 2 N–H and O–H groups in total. The van der Waals surface area contributed by atoms with Gasteiger partial charge in [-0.1, -0.05) is 41.9 Å². The molecule has 0 saturated heterocycles. The van der Waals surface area contributed by atoms with E-state index in [2.05, 4.69) is 15.5 Å². The van der Waals surface area contributed by atoms with E-state index in [1.807, 2.05) is 0 Å². The summed E-state index contributed by atoms with van der Waals surface area (Å²) in [5.41, 5.74) is -1.13. The lowest BCUT2D eigenvalue weighted by Crippen LogP contribution is -2.49. The van der Waals surface area contributed by atoms with E-state index in [4.69, 9.17) is 11.6 Å². The Morgan fingerprint density at radius 2 is 1.81 bits per heavy atom. The first kappa shape index (κ1) is 14.9. The number of carbonyl (C=O) groups excluding carboxylic acids is 1. The van der Waals surface area contributed by atoms with Gasteiger partial charge >= 0.3 is 5.97 Å². The summed E-state index contributed by atoms with van der Waals surface area (Å²) < 4.78 is 0. The van der Waals surface area contributed by atoms with E-state index in [1.165, 1.54) is 19.1 Å². The normalized spacial score (nSPS) is 13.2. The summed E-state index contributed by atoms with van der Waals surface area (Å²) in [6.45, 7) is 1.41. The molecule has 0 fully saturated rings. The van der Waals surface area contributed by atoms with Gasteiger partial charge in [0.15, 0.2) is 16.4 Å². The number of aromatic nitrogens is 2. The molecule has 2 rings (SSSR count). The van der Waals surface area contributed by atoms with Gasteiger partial charge in [-0.2, -0.15) is 0 Å². The lowest BCUT2D eigenvalue weighted by molar-refractivity contribution is -0.144. The minimum Gasteiger partial charge on any atom is -0.479 e. The fourth-order valence-electron chi connectivity index (χ4n) is 1.75. The monoisotopic (exact) mass is 305 g/mol. The summed E-state index contributed by atoms with van der Waals surface area (Å²) in [7, 11) is 0. The highest BCUT2D eigenvalue weighted by molar-refractivity contribution is 6.29. The van der Waals surface area contributed by atoms with Crippen LogP contribution in [0.4, 0.5) is 0 Å². The second-order valence-electron chi connectivity index (χ2n) is 4.49. The molecule has 1 aromatic carbocycles. The van der Waals surface area contributed by atoms with E-state index in [0.717, 1.165) is 0 Å². The number of hydrogen-bond donors (Lipinski definition) is 2. The van der Waals surface area contributed by atoms with Gasteiger partial charge in [0, 0.05) is 0 Å². The van der Waals surface area contributed by atoms with Crippen molar-refractivity contribution in [3.63, 3.8) is 0 Å². The van der Waals surface area contributed by atoms with E-state index >= 15 is 0 Å². The smallest absolute Gasteiger partial charge is 0.333 e. The molecule has 1 aromatic heterocycles. The number of hydrogen-bond acceptors (Lipinski definition) is 4. The highest BCUT2D eigenvalue weighted by atomic mass is 35.5. The van der Waals surface area contributed by atoms with Crippen molar-refractivity contribution >= 4 is 23.5 Å². The van der Waals surface area contributed by atoms with Crippen LogP contribution in [0.5, 0.6) is 0 Å². The summed E-state index contributed by atoms with van der Waals surface area (Å²) in [5.74, 6) is -1.82. The molecule has 0 saturated carbocycles. The van der Waals surface area contributed by atoms with Crippen molar-refractivity contribution in [1.82, 2.24) is 15.5 Å². The van der Waals surface area contributed by atoms with Crippen molar-refractivity contribution in [2.45, 2.75) is 12.5 Å². The van der Waals surface area contributed by atoms with Crippen LogP contribution in [0.2, 0.25) is 5.15 Å². The highest BCUT2D eigenvalue weighted by Crippen LogP contribution is 2.21. The molecule has 7 heteroatoms. The molecule has 0 spiro atoms. The largest absolute Gasteiger partial charge is 0.479 e. The molecule has 0 radical (unpaired) electrons. The SMILES string of the molecule is CC(NC(=O)c1ccc(Cl)nn1)(C(=O)O)c1ccccc1. The molecular weight excluding hydrogens is 294 g/mol. The van der Waals surface area contributed by atoms with Gasteiger partial charge in [-0.15, -0.1) is 10.2 Å². The fraction of sp³-hybridized carbons (Fsp3) is 0.143. The third-order valence-electron chi connectivity index (χ3n) is 3.01. The minimum atomic E-state index is -1.57. The Kier molecular flexibility index (Phi) is 4.18. The van der Waals surface area contributed by atoms with Crippen LogP contribution in [0, 0.1) is 0 Å². The van der Waals surface area contributed by atoms with Crippen molar-refractivity contribution < 1.29 is 14.7 Å². The molecule has 0 aliphatic rings. The van der Waals surface area contributed by atoms with Gasteiger partial charge in [0.2, 0.25) is 0 Å². The summed E-state index contributed by atoms with van der Waals surface area (Å²) in [5, 5.41) is 19.2. The maximum absolute atomic E-state index is 12.1. The Bertz CT molecular complexity index is 661. The summed E-state index contributed by atoms with van der Waals surface area (Å²) in [6.07, 6.45) is 0. The number of carbonyl (C=O) groups is 2. The molecule has 1 heterocycles. The zero-order valence-corrected chi connectivity index (χ0v) is 11.8. The van der Waals surface area contributed by atoms with Crippen molar-refractivity contribution in [2.24, 2.45) is 0 Å². The Hall–Kier alpha value is -2.47. The molecule has 21 heavy (non-hydrogen) atoms. The molecule has 1 unspecified atom stereocenters. The van der Waals surface area contributed by atoms with Gasteiger partial charge in [0.1, 0.15) is 0 Å². The highest BCUT2D eigenvalue weighted by Gasteiger charge is 2.37. The fourth-order valence-corrected chi connectivity index (χ4v) is 1.85. The quantitative estimate of drug-likeness (QED) is 0.899. The first-order valence-corrected chi connectivity index (χ1v) is 6.42. The van der Waals surface area contributed by atoms with Crippen molar-refractivity contribution in [3.8, 4) is 0 Å². The molecule has 1 amide bonds. The number of benzene rings is 1. The van der Waals surface area contributed by atoms with Crippen LogP contribution in [-0.4, -0.2) is 27.2 Å².